The summed E-state index contributed by atoms with van der Waals surface area (Å²) in [5.41, 5.74) is -4.00. The molecule has 0 radical (unpaired) electrons. The number of thiophene rings is 1. The molecule has 0 aliphatic carbocycles. The molecule has 186 valence electrons. The van der Waals surface area contributed by atoms with Crippen LogP contribution >= 0.6 is 11.3 Å². The molecular weight excluding hydrogens is 515 g/mol. The van der Waals surface area contributed by atoms with Gasteiger partial charge in [-0.2, -0.15) is 13.2 Å². The molecule has 0 fully saturated rings. The molecule has 4 aromatic rings. The second kappa shape index (κ2) is 9.54. The van der Waals surface area contributed by atoms with Gasteiger partial charge in [0.15, 0.2) is 5.82 Å². The van der Waals surface area contributed by atoms with E-state index in [2.05, 4.69) is 0 Å². The molecule has 0 aliphatic heterocycles. The molecule has 36 heavy (non-hydrogen) atoms. The summed E-state index contributed by atoms with van der Waals surface area (Å²) in [5, 5.41) is 0.305. The summed E-state index contributed by atoms with van der Waals surface area (Å²) in [6.45, 7) is 1.92. The SMILES string of the molecule is CCCc1cc2cc(F)c(-c3cc(F)c(-c4cc(F)c(C#CC(F)(F)F)c(F)c4)c(F)c3)c(F)c2s1. The summed E-state index contributed by atoms with van der Waals surface area (Å²) >= 11 is 1.09. The van der Waals surface area contributed by atoms with Crippen molar-refractivity contribution in [2.24, 2.45) is 0 Å². The normalized spacial score (nSPS) is 11.6. The minimum absolute atomic E-state index is 0.111. The molecule has 0 N–H and O–H groups in total. The number of rotatable bonds is 4. The van der Waals surface area contributed by atoms with Gasteiger partial charge in [0, 0.05) is 10.8 Å². The van der Waals surface area contributed by atoms with Crippen LogP contribution in [0.3, 0.4) is 0 Å². The van der Waals surface area contributed by atoms with Gasteiger partial charge in [-0.05, 0) is 59.3 Å². The second-order valence-electron chi connectivity index (χ2n) is 7.81. The van der Waals surface area contributed by atoms with Crippen LogP contribution in [-0.4, -0.2) is 6.18 Å². The summed E-state index contributed by atoms with van der Waals surface area (Å²) in [4.78, 5) is 0.808. The number of fused-ring (bicyclic) bond motifs is 1. The van der Waals surface area contributed by atoms with Crippen LogP contribution in [0, 0.1) is 46.7 Å². The van der Waals surface area contributed by atoms with Crippen LogP contribution in [0.4, 0.5) is 39.5 Å². The fraction of sp³-hybridized carbons (Fsp3) is 0.154. The smallest absolute Gasteiger partial charge is 0.206 e. The molecule has 0 saturated carbocycles. The molecule has 1 aromatic heterocycles. The Morgan fingerprint density at radius 2 is 1.25 bits per heavy atom. The average molecular weight is 528 g/mol. The first-order chi connectivity index (χ1) is 16.9. The highest BCUT2D eigenvalue weighted by molar-refractivity contribution is 7.19. The zero-order chi connectivity index (χ0) is 26.4. The molecule has 1 heterocycles. The van der Waals surface area contributed by atoms with Crippen molar-refractivity contribution in [3.63, 3.8) is 0 Å². The van der Waals surface area contributed by atoms with Gasteiger partial charge in [0.1, 0.15) is 29.1 Å². The van der Waals surface area contributed by atoms with Gasteiger partial charge in [-0.3, -0.25) is 0 Å². The maximum Gasteiger partial charge on any atom is 0.458 e. The van der Waals surface area contributed by atoms with Crippen LogP contribution < -0.4 is 0 Å². The van der Waals surface area contributed by atoms with E-state index in [1.807, 2.05) is 6.92 Å². The highest BCUT2D eigenvalue weighted by Crippen LogP contribution is 2.39. The summed E-state index contributed by atoms with van der Waals surface area (Å²) < 4.78 is 125. The Bertz CT molecular complexity index is 1510. The van der Waals surface area contributed by atoms with Gasteiger partial charge in [0.2, 0.25) is 0 Å². The van der Waals surface area contributed by atoms with E-state index in [1.165, 1.54) is 5.92 Å². The van der Waals surface area contributed by atoms with Gasteiger partial charge < -0.3 is 0 Å². The average Bonchev–Trinajstić information content (AvgIpc) is 3.15. The summed E-state index contributed by atoms with van der Waals surface area (Å²) in [7, 11) is 0. The van der Waals surface area contributed by atoms with E-state index >= 15 is 4.39 Å². The molecule has 0 unspecified atom stereocenters. The first-order valence-electron chi connectivity index (χ1n) is 10.4. The molecule has 0 nitrogen and oxygen atoms in total. The first-order valence-corrected chi connectivity index (χ1v) is 11.2. The summed E-state index contributed by atoms with van der Waals surface area (Å²) in [6.07, 6.45) is -3.60. The Morgan fingerprint density at radius 3 is 1.81 bits per heavy atom. The molecule has 0 amide bonds. The predicted molar refractivity (Wildman–Crippen MR) is 119 cm³/mol. The number of benzene rings is 3. The highest BCUT2D eigenvalue weighted by atomic mass is 32.1. The lowest BCUT2D eigenvalue weighted by Crippen LogP contribution is -2.03. The molecule has 4 rings (SSSR count). The lowest BCUT2D eigenvalue weighted by molar-refractivity contribution is -0.0696. The van der Waals surface area contributed by atoms with Crippen LogP contribution in [0.1, 0.15) is 23.8 Å². The molecule has 3 aromatic carbocycles. The van der Waals surface area contributed by atoms with Crippen molar-refractivity contribution >= 4 is 21.4 Å². The zero-order valence-electron chi connectivity index (χ0n) is 18.2. The first kappa shape index (κ1) is 25.6. The third-order valence-corrected chi connectivity index (χ3v) is 6.44. The third kappa shape index (κ3) is 4.93. The molecule has 0 spiro atoms. The quantitative estimate of drug-likeness (QED) is 0.183. The van der Waals surface area contributed by atoms with Gasteiger partial charge in [0.25, 0.3) is 0 Å². The minimum Gasteiger partial charge on any atom is -0.206 e. The monoisotopic (exact) mass is 528 g/mol. The fourth-order valence-corrected chi connectivity index (χ4v) is 4.94. The van der Waals surface area contributed by atoms with E-state index in [-0.39, 0.29) is 4.70 Å². The van der Waals surface area contributed by atoms with Crippen LogP contribution in [0.2, 0.25) is 0 Å². The van der Waals surface area contributed by atoms with Crippen molar-refractivity contribution in [2.75, 3.05) is 0 Å². The molecule has 0 bridgehead atoms. The predicted octanol–water partition coefficient (Wildman–Crippen LogP) is 8.94. The Balaban J connectivity index is 1.81. The van der Waals surface area contributed by atoms with E-state index in [9.17, 15) is 35.1 Å². The molecule has 0 atom stereocenters. The topological polar surface area (TPSA) is 0 Å². The van der Waals surface area contributed by atoms with Gasteiger partial charge in [0.05, 0.1) is 21.4 Å². The van der Waals surface area contributed by atoms with E-state index in [1.54, 1.807) is 6.07 Å². The number of alkyl halides is 3. The van der Waals surface area contributed by atoms with Gasteiger partial charge in [-0.1, -0.05) is 19.3 Å². The maximum atomic E-state index is 15.2. The van der Waals surface area contributed by atoms with Crippen LogP contribution in [0.25, 0.3) is 32.3 Å². The molecule has 10 heteroatoms. The molecular formula is C26H13F9S. The van der Waals surface area contributed by atoms with Crippen LogP contribution in [0.15, 0.2) is 36.4 Å². The number of hydrogen-bond acceptors (Lipinski definition) is 1. The Morgan fingerprint density at radius 1 is 0.722 bits per heavy atom. The van der Waals surface area contributed by atoms with Crippen LogP contribution in [-0.2, 0) is 6.42 Å². The van der Waals surface area contributed by atoms with Crippen molar-refractivity contribution < 1.29 is 39.5 Å². The summed E-state index contributed by atoms with van der Waals surface area (Å²) in [6, 6.07) is 4.74. The van der Waals surface area contributed by atoms with Crippen molar-refractivity contribution in [3.8, 4) is 34.1 Å². The molecule has 0 aliphatic rings. The third-order valence-electron chi connectivity index (χ3n) is 5.24. The Hall–Kier alpha value is -3.45. The van der Waals surface area contributed by atoms with Gasteiger partial charge in [-0.25, -0.2) is 26.3 Å². The molecule has 0 saturated heterocycles. The highest BCUT2D eigenvalue weighted by Gasteiger charge is 2.25. The Labute approximate surface area is 203 Å². The van der Waals surface area contributed by atoms with Crippen molar-refractivity contribution in [1.82, 2.24) is 0 Å². The number of hydrogen-bond donors (Lipinski definition) is 0. The summed E-state index contributed by atoms with van der Waals surface area (Å²) in [5.74, 6) is -5.99. The lowest BCUT2D eigenvalue weighted by Gasteiger charge is -2.12. The Kier molecular flexibility index (Phi) is 6.80. The van der Waals surface area contributed by atoms with E-state index < -0.39 is 68.9 Å². The largest absolute Gasteiger partial charge is 0.458 e. The maximum absolute atomic E-state index is 15.2. The van der Waals surface area contributed by atoms with Crippen molar-refractivity contribution in [3.05, 3.63) is 81.7 Å². The number of aryl methyl sites for hydroxylation is 1. The fourth-order valence-electron chi connectivity index (χ4n) is 3.76. The van der Waals surface area contributed by atoms with Crippen molar-refractivity contribution in [1.29, 1.82) is 0 Å². The van der Waals surface area contributed by atoms with Gasteiger partial charge in [-0.15, -0.1) is 11.3 Å². The van der Waals surface area contributed by atoms with E-state index in [0.717, 1.165) is 28.7 Å². The van der Waals surface area contributed by atoms with Crippen molar-refractivity contribution in [2.45, 2.75) is 25.9 Å². The van der Waals surface area contributed by atoms with Crippen LogP contribution in [0.5, 0.6) is 0 Å². The van der Waals surface area contributed by atoms with Gasteiger partial charge >= 0.3 is 6.18 Å². The minimum atomic E-state index is -5.01. The number of halogens is 9. The lowest BCUT2D eigenvalue weighted by atomic mass is 9.96. The van der Waals surface area contributed by atoms with E-state index in [0.29, 0.717) is 42.0 Å². The standard InChI is InChI=1S/C26H13F9S/c1-2-3-15-6-14-11-21(31)23(24(32)25(14)36-15)13-9-19(29)22(20(30)10-13)12-7-17(27)16(18(28)8-12)4-5-26(33,34)35/h6-11H,2-3H2,1H3. The van der Waals surface area contributed by atoms with E-state index in [4.69, 9.17) is 0 Å². The second-order valence-corrected chi connectivity index (χ2v) is 8.94. The zero-order valence-corrected chi connectivity index (χ0v) is 19.0.